The van der Waals surface area contributed by atoms with E-state index in [9.17, 15) is 4.79 Å². The molecule has 0 aliphatic rings. The first-order valence-corrected chi connectivity index (χ1v) is 10.0. The van der Waals surface area contributed by atoms with Gasteiger partial charge in [0.25, 0.3) is 0 Å². The maximum Gasteiger partial charge on any atom is 0.234 e. The molecule has 1 aromatic heterocycles. The third-order valence-corrected chi connectivity index (χ3v) is 5.30. The highest BCUT2D eigenvalue weighted by Gasteiger charge is 2.09. The van der Waals surface area contributed by atoms with Crippen molar-refractivity contribution in [1.29, 1.82) is 0 Å². The van der Waals surface area contributed by atoms with Gasteiger partial charge in [-0.05, 0) is 55.1 Å². The average molecular weight is 370 g/mol. The molecule has 1 N–H and O–H groups in total. The smallest absolute Gasteiger partial charge is 0.234 e. The largest absolute Gasteiger partial charge is 0.325 e. The van der Waals surface area contributed by atoms with Crippen molar-refractivity contribution in [3.8, 4) is 5.69 Å². The number of amides is 1. The van der Waals surface area contributed by atoms with E-state index in [0.717, 1.165) is 16.5 Å². The van der Waals surface area contributed by atoms with Crippen molar-refractivity contribution >= 4 is 35.1 Å². The van der Waals surface area contributed by atoms with Gasteiger partial charge >= 0.3 is 0 Å². The average Bonchev–Trinajstić information content (AvgIpc) is 3.09. The summed E-state index contributed by atoms with van der Waals surface area (Å²) in [5.74, 6) is 0.272. The second-order valence-corrected chi connectivity index (χ2v) is 7.31. The number of nitrogens with zero attached hydrogens (tertiary/aromatic N) is 2. The van der Waals surface area contributed by atoms with Gasteiger partial charge in [-0.1, -0.05) is 23.9 Å². The summed E-state index contributed by atoms with van der Waals surface area (Å²) in [5, 5.41) is 3.72. The lowest BCUT2D eigenvalue weighted by Crippen LogP contribution is -2.14. The van der Waals surface area contributed by atoms with E-state index in [-0.39, 0.29) is 5.91 Å². The number of aromatic nitrogens is 2. The molecule has 1 amide bonds. The molecule has 0 saturated carbocycles. The standard InChI is InChI=1S/C19H19N3OS2/c1-14-4-3-5-16(12-14)22-11-10-20-19(22)25-13-18(23)21-15-6-8-17(24-2)9-7-15/h3-12H,13H2,1-2H3,(H,21,23). The van der Waals surface area contributed by atoms with Gasteiger partial charge in [-0.25, -0.2) is 4.98 Å². The van der Waals surface area contributed by atoms with E-state index in [0.29, 0.717) is 5.75 Å². The number of carbonyl (C=O) groups is 1. The number of aryl methyl sites for hydroxylation is 1. The molecule has 0 bridgehead atoms. The molecule has 2 aromatic carbocycles. The summed E-state index contributed by atoms with van der Waals surface area (Å²) in [6, 6.07) is 16.0. The normalized spacial score (nSPS) is 10.6. The SMILES string of the molecule is CSc1ccc(NC(=O)CSc2nccn2-c2cccc(C)c2)cc1. The topological polar surface area (TPSA) is 46.9 Å². The molecular weight excluding hydrogens is 350 g/mol. The summed E-state index contributed by atoms with van der Waals surface area (Å²) < 4.78 is 2.00. The highest BCUT2D eigenvalue weighted by atomic mass is 32.2. The number of imidazole rings is 1. The first-order chi connectivity index (χ1) is 12.2. The molecule has 0 saturated heterocycles. The molecule has 0 unspecified atom stereocenters. The Balaban J connectivity index is 1.62. The molecule has 0 fully saturated rings. The van der Waals surface area contributed by atoms with Crippen LogP contribution in [0.4, 0.5) is 5.69 Å². The molecule has 3 rings (SSSR count). The summed E-state index contributed by atoms with van der Waals surface area (Å²) in [7, 11) is 0. The zero-order valence-electron chi connectivity index (χ0n) is 14.1. The second kappa shape index (κ2) is 8.27. The first kappa shape index (κ1) is 17.6. The molecule has 0 atom stereocenters. The van der Waals surface area contributed by atoms with Gasteiger partial charge in [0.1, 0.15) is 0 Å². The van der Waals surface area contributed by atoms with Crippen LogP contribution in [0.1, 0.15) is 5.56 Å². The van der Waals surface area contributed by atoms with E-state index in [2.05, 4.69) is 29.4 Å². The number of rotatable bonds is 6. The maximum atomic E-state index is 12.2. The van der Waals surface area contributed by atoms with Gasteiger partial charge < -0.3 is 5.32 Å². The summed E-state index contributed by atoms with van der Waals surface area (Å²) >= 11 is 3.10. The minimum Gasteiger partial charge on any atom is -0.325 e. The van der Waals surface area contributed by atoms with Crippen LogP contribution in [0.15, 0.2) is 71.0 Å². The zero-order valence-corrected chi connectivity index (χ0v) is 15.7. The van der Waals surface area contributed by atoms with Gasteiger partial charge in [0.05, 0.1) is 5.75 Å². The van der Waals surface area contributed by atoms with Crippen LogP contribution in [0.5, 0.6) is 0 Å². The summed E-state index contributed by atoms with van der Waals surface area (Å²) in [5.41, 5.74) is 3.05. The maximum absolute atomic E-state index is 12.2. The van der Waals surface area contributed by atoms with Crippen LogP contribution in [0.25, 0.3) is 5.69 Å². The van der Waals surface area contributed by atoms with Crippen molar-refractivity contribution in [2.45, 2.75) is 17.0 Å². The van der Waals surface area contributed by atoms with Crippen LogP contribution in [-0.2, 0) is 4.79 Å². The fourth-order valence-corrected chi connectivity index (χ4v) is 3.55. The number of hydrogen-bond acceptors (Lipinski definition) is 4. The molecule has 25 heavy (non-hydrogen) atoms. The highest BCUT2D eigenvalue weighted by Crippen LogP contribution is 2.22. The second-order valence-electron chi connectivity index (χ2n) is 5.48. The minimum absolute atomic E-state index is 0.0410. The number of thioether (sulfide) groups is 2. The van der Waals surface area contributed by atoms with Crippen molar-refractivity contribution in [2.75, 3.05) is 17.3 Å². The van der Waals surface area contributed by atoms with Crippen LogP contribution in [-0.4, -0.2) is 27.5 Å². The van der Waals surface area contributed by atoms with Crippen molar-refractivity contribution < 1.29 is 4.79 Å². The van der Waals surface area contributed by atoms with Gasteiger partial charge in [0.2, 0.25) is 5.91 Å². The lowest BCUT2D eigenvalue weighted by atomic mass is 10.2. The van der Waals surface area contributed by atoms with E-state index < -0.39 is 0 Å². The monoisotopic (exact) mass is 369 g/mol. The van der Waals surface area contributed by atoms with Crippen molar-refractivity contribution in [2.24, 2.45) is 0 Å². The van der Waals surface area contributed by atoms with E-state index in [1.807, 2.05) is 53.4 Å². The van der Waals surface area contributed by atoms with Crippen LogP contribution < -0.4 is 5.32 Å². The van der Waals surface area contributed by atoms with Gasteiger partial charge in [-0.15, -0.1) is 11.8 Å². The fourth-order valence-electron chi connectivity index (χ4n) is 2.37. The number of nitrogens with one attached hydrogen (secondary N) is 1. The Morgan fingerprint density at radius 1 is 1.20 bits per heavy atom. The number of anilines is 1. The zero-order chi connectivity index (χ0) is 17.6. The van der Waals surface area contributed by atoms with Crippen LogP contribution >= 0.6 is 23.5 Å². The van der Waals surface area contributed by atoms with Gasteiger partial charge in [-0.3, -0.25) is 9.36 Å². The van der Waals surface area contributed by atoms with Gasteiger partial charge in [0, 0.05) is 28.7 Å². The molecule has 0 spiro atoms. The van der Waals surface area contributed by atoms with Gasteiger partial charge in [0.15, 0.2) is 5.16 Å². The molecule has 4 nitrogen and oxygen atoms in total. The van der Waals surface area contributed by atoms with Crippen LogP contribution in [0, 0.1) is 6.92 Å². The van der Waals surface area contributed by atoms with Crippen LogP contribution in [0.2, 0.25) is 0 Å². The van der Waals surface area contributed by atoms with Crippen molar-refractivity contribution in [1.82, 2.24) is 9.55 Å². The van der Waals surface area contributed by atoms with Crippen molar-refractivity contribution in [3.05, 3.63) is 66.5 Å². The first-order valence-electron chi connectivity index (χ1n) is 7.83. The molecule has 0 radical (unpaired) electrons. The molecule has 1 heterocycles. The molecule has 3 aromatic rings. The molecular formula is C19H19N3OS2. The number of benzene rings is 2. The Morgan fingerprint density at radius 2 is 2.00 bits per heavy atom. The van der Waals surface area contributed by atoms with E-state index in [1.165, 1.54) is 22.2 Å². The van der Waals surface area contributed by atoms with E-state index >= 15 is 0 Å². The minimum atomic E-state index is -0.0410. The lowest BCUT2D eigenvalue weighted by molar-refractivity contribution is -0.113. The van der Waals surface area contributed by atoms with Gasteiger partial charge in [-0.2, -0.15) is 0 Å². The molecule has 128 valence electrons. The molecule has 6 heteroatoms. The number of carbonyl (C=O) groups excluding carboxylic acids is 1. The predicted octanol–water partition coefficient (Wildman–Crippen LogP) is 4.63. The summed E-state index contributed by atoms with van der Waals surface area (Å²) in [6.45, 7) is 2.06. The Labute approximate surface area is 156 Å². The van der Waals surface area contributed by atoms with Crippen LogP contribution in [0.3, 0.4) is 0 Å². The quantitative estimate of drug-likeness (QED) is 0.643. The third-order valence-electron chi connectivity index (χ3n) is 3.59. The fraction of sp³-hybridized carbons (Fsp3) is 0.158. The molecule has 0 aliphatic heterocycles. The molecule has 0 aliphatic carbocycles. The third kappa shape index (κ3) is 4.67. The number of hydrogen-bond donors (Lipinski definition) is 1. The van der Waals surface area contributed by atoms with Crippen molar-refractivity contribution in [3.63, 3.8) is 0 Å². The Bertz CT molecular complexity index is 859. The van der Waals surface area contributed by atoms with E-state index in [4.69, 9.17) is 0 Å². The Kier molecular flexibility index (Phi) is 5.83. The summed E-state index contributed by atoms with van der Waals surface area (Å²) in [4.78, 5) is 17.7. The summed E-state index contributed by atoms with van der Waals surface area (Å²) in [6.07, 6.45) is 5.69. The lowest BCUT2D eigenvalue weighted by Gasteiger charge is -2.09. The highest BCUT2D eigenvalue weighted by molar-refractivity contribution is 7.99. The Hall–Kier alpha value is -2.18. The predicted molar refractivity (Wildman–Crippen MR) is 106 cm³/mol. The van der Waals surface area contributed by atoms with E-state index in [1.54, 1.807) is 18.0 Å². The Morgan fingerprint density at radius 3 is 2.72 bits per heavy atom.